The van der Waals surface area contributed by atoms with Gasteiger partial charge in [0, 0.05) is 38.1 Å². The summed E-state index contributed by atoms with van der Waals surface area (Å²) in [5, 5.41) is 2.83. The van der Waals surface area contributed by atoms with E-state index in [0.717, 1.165) is 31.5 Å². The Morgan fingerprint density at radius 1 is 1.23 bits per heavy atom. The van der Waals surface area contributed by atoms with E-state index in [0.29, 0.717) is 18.8 Å². The predicted octanol–water partition coefficient (Wildman–Crippen LogP) is 1.57. The van der Waals surface area contributed by atoms with Gasteiger partial charge in [0.1, 0.15) is 0 Å². The lowest BCUT2D eigenvalue weighted by Crippen LogP contribution is -2.49. The largest absolute Gasteiger partial charge is 0.322 e. The van der Waals surface area contributed by atoms with E-state index < -0.39 is 9.84 Å². The van der Waals surface area contributed by atoms with E-state index >= 15 is 0 Å². The Hall–Kier alpha value is -1.60. The third-order valence-electron chi connectivity index (χ3n) is 3.99. The van der Waals surface area contributed by atoms with Gasteiger partial charge >= 0.3 is 6.03 Å². The van der Waals surface area contributed by atoms with Crippen molar-refractivity contribution in [1.29, 1.82) is 0 Å². The lowest BCUT2D eigenvalue weighted by molar-refractivity contribution is 0.151. The molecule has 2 rings (SSSR count). The predicted molar refractivity (Wildman–Crippen MR) is 87.0 cm³/mol. The van der Waals surface area contributed by atoms with Gasteiger partial charge in [-0.2, -0.15) is 0 Å². The fraction of sp³-hybridized carbons (Fsp3) is 0.533. The second kappa shape index (κ2) is 6.66. The number of sulfone groups is 1. The topological polar surface area (TPSA) is 69.7 Å². The van der Waals surface area contributed by atoms with Crippen LogP contribution in [0.5, 0.6) is 0 Å². The second-order valence-corrected chi connectivity index (χ2v) is 7.62. The molecule has 1 aromatic rings. The Morgan fingerprint density at radius 2 is 1.86 bits per heavy atom. The number of urea groups is 1. The minimum absolute atomic E-state index is 0.176. The highest BCUT2D eigenvalue weighted by atomic mass is 32.2. The van der Waals surface area contributed by atoms with Gasteiger partial charge in [0.15, 0.2) is 9.84 Å². The molecule has 0 bridgehead atoms. The highest BCUT2D eigenvalue weighted by molar-refractivity contribution is 7.90. The molecule has 0 unspecified atom stereocenters. The van der Waals surface area contributed by atoms with Crippen LogP contribution in [0.3, 0.4) is 0 Å². The van der Waals surface area contributed by atoms with Crippen molar-refractivity contribution in [1.82, 2.24) is 9.80 Å². The summed E-state index contributed by atoms with van der Waals surface area (Å²) in [6.07, 6.45) is 1.16. The second-order valence-electron chi connectivity index (χ2n) is 5.60. The smallest absolute Gasteiger partial charge is 0.321 e. The van der Waals surface area contributed by atoms with Gasteiger partial charge in [-0.3, -0.25) is 0 Å². The van der Waals surface area contributed by atoms with Crippen molar-refractivity contribution in [2.75, 3.05) is 44.3 Å². The number of hydrogen-bond donors (Lipinski definition) is 1. The van der Waals surface area contributed by atoms with Crippen molar-refractivity contribution in [2.24, 2.45) is 0 Å². The number of nitrogens with one attached hydrogen (secondary N) is 1. The molecule has 1 aliphatic heterocycles. The maximum Gasteiger partial charge on any atom is 0.321 e. The molecule has 1 N–H and O–H groups in total. The molecule has 1 aliphatic rings. The van der Waals surface area contributed by atoms with Gasteiger partial charge in [-0.05, 0) is 31.2 Å². The highest BCUT2D eigenvalue weighted by Gasteiger charge is 2.21. The Balaban J connectivity index is 2.09. The number of anilines is 1. The molecule has 0 aliphatic carbocycles. The van der Waals surface area contributed by atoms with Crippen LogP contribution in [0.2, 0.25) is 0 Å². The fourth-order valence-electron chi connectivity index (χ4n) is 2.43. The van der Waals surface area contributed by atoms with Crippen LogP contribution in [-0.4, -0.2) is 63.2 Å². The molecule has 0 radical (unpaired) electrons. The summed E-state index contributed by atoms with van der Waals surface area (Å²) in [4.78, 5) is 16.6. The Labute approximate surface area is 132 Å². The first-order chi connectivity index (χ1) is 10.3. The van der Waals surface area contributed by atoms with Gasteiger partial charge in [-0.15, -0.1) is 0 Å². The van der Waals surface area contributed by atoms with Gasteiger partial charge < -0.3 is 15.1 Å². The molecular weight excluding hydrogens is 302 g/mol. The van der Waals surface area contributed by atoms with Crippen LogP contribution in [0, 0.1) is 6.92 Å². The first kappa shape index (κ1) is 16.8. The fourth-order valence-corrected chi connectivity index (χ4v) is 3.08. The van der Waals surface area contributed by atoms with Crippen molar-refractivity contribution >= 4 is 21.6 Å². The summed E-state index contributed by atoms with van der Waals surface area (Å²) in [5.41, 5.74) is 1.39. The summed E-state index contributed by atoms with van der Waals surface area (Å²) >= 11 is 0. The Bertz CT molecular complexity index is 650. The van der Waals surface area contributed by atoms with E-state index in [9.17, 15) is 13.2 Å². The van der Waals surface area contributed by atoms with Crippen LogP contribution in [0.25, 0.3) is 0 Å². The van der Waals surface area contributed by atoms with E-state index in [4.69, 9.17) is 0 Å². The molecule has 1 fully saturated rings. The monoisotopic (exact) mass is 325 g/mol. The van der Waals surface area contributed by atoms with E-state index in [1.165, 1.54) is 6.07 Å². The van der Waals surface area contributed by atoms with Crippen LogP contribution < -0.4 is 5.32 Å². The lowest BCUT2D eigenvalue weighted by Gasteiger charge is -2.34. The number of carbonyl (C=O) groups is 1. The van der Waals surface area contributed by atoms with Crippen LogP contribution in [0.15, 0.2) is 23.1 Å². The van der Waals surface area contributed by atoms with Crippen molar-refractivity contribution in [3.8, 4) is 0 Å². The van der Waals surface area contributed by atoms with E-state index in [1.54, 1.807) is 17.0 Å². The molecule has 2 amide bonds. The zero-order valence-electron chi connectivity index (χ0n) is 13.3. The van der Waals surface area contributed by atoms with Gasteiger partial charge in [0.2, 0.25) is 0 Å². The maximum atomic E-state index is 12.3. The first-order valence-corrected chi connectivity index (χ1v) is 9.29. The number of benzene rings is 1. The lowest BCUT2D eigenvalue weighted by atomic mass is 10.2. The number of hydrogen-bond acceptors (Lipinski definition) is 4. The molecule has 0 atom stereocenters. The van der Waals surface area contributed by atoms with Crippen LogP contribution in [0.4, 0.5) is 10.5 Å². The van der Waals surface area contributed by atoms with Crippen molar-refractivity contribution < 1.29 is 13.2 Å². The molecule has 0 saturated carbocycles. The molecule has 0 spiro atoms. The standard InChI is InChI=1S/C15H23N3O3S/c1-4-17-7-9-18(10-8-17)15(19)16-14-11-13(22(3,20)21)6-5-12(14)2/h5-6,11H,4,7-10H2,1-3H3,(H,16,19). The van der Waals surface area contributed by atoms with Gasteiger partial charge in [-0.1, -0.05) is 13.0 Å². The quantitative estimate of drug-likeness (QED) is 0.916. The zero-order valence-corrected chi connectivity index (χ0v) is 14.1. The van der Waals surface area contributed by atoms with Crippen molar-refractivity contribution in [2.45, 2.75) is 18.7 Å². The third-order valence-corrected chi connectivity index (χ3v) is 5.10. The Kier molecular flexibility index (Phi) is 5.08. The summed E-state index contributed by atoms with van der Waals surface area (Å²) < 4.78 is 23.2. The normalized spacial score (nSPS) is 16.6. The molecule has 122 valence electrons. The number of amides is 2. The summed E-state index contributed by atoms with van der Waals surface area (Å²) in [6.45, 7) is 8.05. The SMILES string of the molecule is CCN1CCN(C(=O)Nc2cc(S(C)(=O)=O)ccc2C)CC1. The van der Waals surface area contributed by atoms with Crippen LogP contribution >= 0.6 is 0 Å². The first-order valence-electron chi connectivity index (χ1n) is 7.40. The summed E-state index contributed by atoms with van der Waals surface area (Å²) in [5.74, 6) is 0. The number of rotatable bonds is 3. The van der Waals surface area contributed by atoms with E-state index in [-0.39, 0.29) is 10.9 Å². The molecule has 22 heavy (non-hydrogen) atoms. The van der Waals surface area contributed by atoms with Crippen molar-refractivity contribution in [3.05, 3.63) is 23.8 Å². The average Bonchev–Trinajstić information content (AvgIpc) is 2.48. The van der Waals surface area contributed by atoms with Gasteiger partial charge in [0.25, 0.3) is 0 Å². The van der Waals surface area contributed by atoms with Gasteiger partial charge in [0.05, 0.1) is 4.90 Å². The summed E-state index contributed by atoms with van der Waals surface area (Å²) in [6, 6.07) is 4.61. The number of carbonyl (C=O) groups excluding carboxylic acids is 1. The highest BCUT2D eigenvalue weighted by Crippen LogP contribution is 2.20. The molecule has 1 aromatic carbocycles. The molecule has 6 nitrogen and oxygen atoms in total. The minimum atomic E-state index is -3.28. The molecule has 1 saturated heterocycles. The minimum Gasteiger partial charge on any atom is -0.322 e. The van der Waals surface area contributed by atoms with Crippen LogP contribution in [0.1, 0.15) is 12.5 Å². The number of nitrogens with zero attached hydrogens (tertiary/aromatic N) is 2. The van der Waals surface area contributed by atoms with E-state index in [1.807, 2.05) is 6.92 Å². The number of piperazine rings is 1. The number of likely N-dealkylation sites (N-methyl/N-ethyl adjacent to an activating group) is 1. The third kappa shape index (κ3) is 3.98. The average molecular weight is 325 g/mol. The van der Waals surface area contributed by atoms with E-state index in [2.05, 4.69) is 17.1 Å². The molecular formula is C15H23N3O3S. The zero-order chi connectivity index (χ0) is 16.3. The molecule has 0 aromatic heterocycles. The molecule has 7 heteroatoms. The van der Waals surface area contributed by atoms with Crippen LogP contribution in [-0.2, 0) is 9.84 Å². The molecule has 1 heterocycles. The van der Waals surface area contributed by atoms with Gasteiger partial charge in [-0.25, -0.2) is 13.2 Å². The summed E-state index contributed by atoms with van der Waals surface area (Å²) in [7, 11) is -3.28. The number of aryl methyl sites for hydroxylation is 1. The maximum absolute atomic E-state index is 12.3. The Morgan fingerprint density at radius 3 is 2.41 bits per heavy atom. The van der Waals surface area contributed by atoms with Crippen molar-refractivity contribution in [3.63, 3.8) is 0 Å².